The average Bonchev–Trinajstić information content (AvgIpc) is 2.92. The molecule has 1 aromatic carbocycles. The molecule has 0 aliphatic heterocycles. The number of benzene rings is 1. The number of hydrogen-bond acceptors (Lipinski definition) is 3. The Labute approximate surface area is 133 Å². The predicted molar refractivity (Wildman–Crippen MR) is 88.1 cm³/mol. The molecule has 0 bridgehead atoms. The zero-order valence-corrected chi connectivity index (χ0v) is 13.7. The minimum atomic E-state index is -0.319. The van der Waals surface area contributed by atoms with Crippen molar-refractivity contribution in [1.82, 2.24) is 10.3 Å². The van der Waals surface area contributed by atoms with Gasteiger partial charge in [-0.1, -0.05) is 32.9 Å². The molecule has 1 aromatic heterocycles. The Morgan fingerprint density at radius 3 is 2.82 bits per heavy atom. The van der Waals surface area contributed by atoms with Gasteiger partial charge >= 0.3 is 0 Å². The minimum Gasteiger partial charge on any atom is -0.346 e. The molecule has 22 heavy (non-hydrogen) atoms. The number of hydrogen-bond donors (Lipinski definition) is 1. The Morgan fingerprint density at radius 1 is 1.41 bits per heavy atom. The van der Waals surface area contributed by atoms with Crippen LogP contribution in [0.2, 0.25) is 0 Å². The molecular weight excluding hydrogens is 299 g/mol. The van der Waals surface area contributed by atoms with Crippen molar-refractivity contribution in [2.24, 2.45) is 0 Å². The smallest absolute Gasteiger partial charge is 0.244 e. The molecular formula is C17H19FN2OS. The second kappa shape index (κ2) is 6.83. The van der Waals surface area contributed by atoms with Crippen LogP contribution in [0, 0.1) is 5.82 Å². The highest BCUT2D eigenvalue weighted by molar-refractivity contribution is 7.09. The quantitative estimate of drug-likeness (QED) is 0.869. The fourth-order valence-electron chi connectivity index (χ4n) is 1.74. The topological polar surface area (TPSA) is 42.0 Å². The van der Waals surface area contributed by atoms with E-state index in [-0.39, 0.29) is 17.1 Å². The number of carbonyl (C=O) groups is 1. The number of nitrogens with one attached hydrogen (secondary N) is 1. The van der Waals surface area contributed by atoms with Gasteiger partial charge in [-0.05, 0) is 23.8 Å². The Hall–Kier alpha value is -2.01. The van der Waals surface area contributed by atoms with Gasteiger partial charge in [-0.2, -0.15) is 0 Å². The van der Waals surface area contributed by atoms with Crippen LogP contribution < -0.4 is 5.32 Å². The maximum atomic E-state index is 13.0. The Morgan fingerprint density at radius 2 is 2.18 bits per heavy atom. The summed E-state index contributed by atoms with van der Waals surface area (Å²) in [6.07, 6.45) is 2.98. The van der Waals surface area contributed by atoms with Gasteiger partial charge in [-0.3, -0.25) is 4.79 Å². The van der Waals surface area contributed by atoms with Crippen molar-refractivity contribution in [2.75, 3.05) is 0 Å². The van der Waals surface area contributed by atoms with Crippen molar-refractivity contribution < 1.29 is 9.18 Å². The zero-order chi connectivity index (χ0) is 16.2. The summed E-state index contributed by atoms with van der Waals surface area (Å²) in [6, 6.07) is 6.09. The molecule has 5 heteroatoms. The van der Waals surface area contributed by atoms with Crippen LogP contribution >= 0.6 is 11.3 Å². The lowest BCUT2D eigenvalue weighted by Crippen LogP contribution is -2.20. The van der Waals surface area contributed by atoms with E-state index < -0.39 is 0 Å². The molecule has 116 valence electrons. The second-order valence-electron chi connectivity index (χ2n) is 5.98. The van der Waals surface area contributed by atoms with E-state index in [1.165, 1.54) is 29.5 Å². The Balaban J connectivity index is 1.89. The molecule has 0 radical (unpaired) electrons. The van der Waals surface area contributed by atoms with Crippen LogP contribution in [0.25, 0.3) is 6.08 Å². The first-order valence-corrected chi connectivity index (χ1v) is 7.89. The van der Waals surface area contributed by atoms with Gasteiger partial charge in [0.25, 0.3) is 0 Å². The van der Waals surface area contributed by atoms with Crippen molar-refractivity contribution in [3.63, 3.8) is 0 Å². The largest absolute Gasteiger partial charge is 0.346 e. The van der Waals surface area contributed by atoms with E-state index in [2.05, 4.69) is 31.1 Å². The average molecular weight is 318 g/mol. The highest BCUT2D eigenvalue weighted by Crippen LogP contribution is 2.23. The standard InChI is InChI=1S/C17H19FN2OS/c1-17(2,3)14-11-22-16(20-14)10-19-15(21)8-7-12-5-4-6-13(18)9-12/h4-9,11H,10H2,1-3H3,(H,19,21)/b8-7+. The summed E-state index contributed by atoms with van der Waals surface area (Å²) in [6.45, 7) is 6.71. The lowest BCUT2D eigenvalue weighted by Gasteiger charge is -2.14. The molecule has 2 rings (SSSR count). The van der Waals surface area contributed by atoms with Crippen molar-refractivity contribution in [3.8, 4) is 0 Å². The molecule has 1 amide bonds. The number of amides is 1. The number of thiazole rings is 1. The zero-order valence-electron chi connectivity index (χ0n) is 12.9. The number of aromatic nitrogens is 1. The molecule has 0 saturated carbocycles. The monoisotopic (exact) mass is 318 g/mol. The van der Waals surface area contributed by atoms with Crippen LogP contribution in [0.5, 0.6) is 0 Å². The highest BCUT2D eigenvalue weighted by Gasteiger charge is 2.17. The van der Waals surface area contributed by atoms with E-state index in [0.717, 1.165) is 10.7 Å². The molecule has 0 unspecified atom stereocenters. The molecule has 2 aromatic rings. The van der Waals surface area contributed by atoms with Crippen molar-refractivity contribution >= 4 is 23.3 Å². The van der Waals surface area contributed by atoms with Crippen LogP contribution in [0.15, 0.2) is 35.7 Å². The van der Waals surface area contributed by atoms with E-state index in [0.29, 0.717) is 12.1 Å². The fourth-order valence-corrected chi connectivity index (χ4v) is 2.70. The van der Waals surface area contributed by atoms with Crippen LogP contribution in [-0.2, 0) is 16.8 Å². The highest BCUT2D eigenvalue weighted by atomic mass is 32.1. The van der Waals surface area contributed by atoms with Crippen LogP contribution in [0.4, 0.5) is 4.39 Å². The van der Waals surface area contributed by atoms with Gasteiger partial charge < -0.3 is 5.32 Å². The third-order valence-corrected chi connectivity index (χ3v) is 3.86. The van der Waals surface area contributed by atoms with Gasteiger partial charge in [-0.25, -0.2) is 9.37 Å². The summed E-state index contributed by atoms with van der Waals surface area (Å²) in [5.41, 5.74) is 1.69. The maximum absolute atomic E-state index is 13.0. The Bertz CT molecular complexity index is 686. The van der Waals surface area contributed by atoms with Gasteiger partial charge in [0, 0.05) is 16.9 Å². The van der Waals surface area contributed by atoms with Crippen molar-refractivity contribution in [2.45, 2.75) is 32.7 Å². The lowest BCUT2D eigenvalue weighted by atomic mass is 9.93. The fraction of sp³-hybridized carbons (Fsp3) is 0.294. The summed E-state index contributed by atoms with van der Waals surface area (Å²) in [5, 5.41) is 5.67. The molecule has 1 N–H and O–H groups in total. The maximum Gasteiger partial charge on any atom is 0.244 e. The second-order valence-corrected chi connectivity index (χ2v) is 6.93. The van der Waals surface area contributed by atoms with E-state index in [9.17, 15) is 9.18 Å². The van der Waals surface area contributed by atoms with E-state index in [1.807, 2.05) is 5.38 Å². The molecule has 0 spiro atoms. The van der Waals surface area contributed by atoms with Crippen LogP contribution in [0.1, 0.15) is 37.0 Å². The summed E-state index contributed by atoms with van der Waals surface area (Å²) in [5.74, 6) is -0.545. The number of halogens is 1. The SMILES string of the molecule is CC(C)(C)c1csc(CNC(=O)/C=C/c2cccc(F)c2)n1. The molecule has 3 nitrogen and oxygen atoms in total. The normalized spacial score (nSPS) is 11.8. The first-order chi connectivity index (χ1) is 10.3. The molecule has 1 heterocycles. The summed E-state index contributed by atoms with van der Waals surface area (Å²) in [7, 11) is 0. The molecule has 0 aliphatic rings. The van der Waals surface area contributed by atoms with Gasteiger partial charge in [0.15, 0.2) is 0 Å². The predicted octanol–water partition coefficient (Wildman–Crippen LogP) is 3.91. The van der Waals surface area contributed by atoms with E-state index >= 15 is 0 Å². The first kappa shape index (κ1) is 16.4. The Kier molecular flexibility index (Phi) is 5.08. The summed E-state index contributed by atoms with van der Waals surface area (Å²) >= 11 is 1.54. The van der Waals surface area contributed by atoms with Gasteiger partial charge in [0.2, 0.25) is 5.91 Å². The van der Waals surface area contributed by atoms with Crippen molar-refractivity contribution in [1.29, 1.82) is 0 Å². The minimum absolute atomic E-state index is 0.00996. The third-order valence-electron chi connectivity index (χ3n) is 3.01. The van der Waals surface area contributed by atoms with Crippen LogP contribution in [-0.4, -0.2) is 10.9 Å². The van der Waals surface area contributed by atoms with Gasteiger partial charge in [0.05, 0.1) is 12.2 Å². The third kappa shape index (κ3) is 4.77. The van der Waals surface area contributed by atoms with E-state index in [4.69, 9.17) is 0 Å². The molecule has 0 atom stereocenters. The molecule has 0 saturated heterocycles. The van der Waals surface area contributed by atoms with E-state index in [1.54, 1.807) is 18.2 Å². The van der Waals surface area contributed by atoms with Gasteiger partial charge in [0.1, 0.15) is 10.8 Å². The summed E-state index contributed by atoms with van der Waals surface area (Å²) in [4.78, 5) is 16.3. The van der Waals surface area contributed by atoms with Crippen molar-refractivity contribution in [3.05, 3.63) is 57.8 Å². The number of rotatable bonds is 4. The molecule has 0 fully saturated rings. The lowest BCUT2D eigenvalue weighted by molar-refractivity contribution is -0.116. The number of carbonyl (C=O) groups excluding carboxylic acids is 1. The van der Waals surface area contributed by atoms with Gasteiger partial charge in [-0.15, -0.1) is 11.3 Å². The molecule has 0 aliphatic carbocycles. The summed E-state index contributed by atoms with van der Waals surface area (Å²) < 4.78 is 13.0. The first-order valence-electron chi connectivity index (χ1n) is 7.01. The number of nitrogens with zero attached hydrogens (tertiary/aromatic N) is 1. The van der Waals surface area contributed by atoms with Crippen LogP contribution in [0.3, 0.4) is 0 Å².